The van der Waals surface area contributed by atoms with E-state index in [1.54, 1.807) is 7.11 Å². The maximum atomic E-state index is 5.72. The van der Waals surface area contributed by atoms with Crippen molar-refractivity contribution >= 4 is 28.4 Å². The molecule has 0 bridgehead atoms. The van der Waals surface area contributed by atoms with Crippen LogP contribution >= 0.6 is 22.6 Å². The lowest BCUT2D eigenvalue weighted by Crippen LogP contribution is -2.21. The maximum absolute atomic E-state index is 5.72. The summed E-state index contributed by atoms with van der Waals surface area (Å²) in [6, 6.07) is 0. The van der Waals surface area contributed by atoms with Crippen molar-refractivity contribution in [2.75, 3.05) is 19.0 Å². The van der Waals surface area contributed by atoms with Gasteiger partial charge in [0.1, 0.15) is 11.9 Å². The molecule has 0 saturated heterocycles. The number of nitrogens with one attached hydrogen (secondary N) is 1. The topological polar surface area (TPSA) is 47.0 Å². The average Bonchev–Trinajstić information content (AvgIpc) is 2.49. The molecule has 0 aromatic carbocycles. The van der Waals surface area contributed by atoms with E-state index in [0.29, 0.717) is 5.92 Å². The molecule has 1 aromatic rings. The summed E-state index contributed by atoms with van der Waals surface area (Å²) in [5.74, 6) is 2.33. The van der Waals surface area contributed by atoms with Gasteiger partial charge in [0.25, 0.3) is 0 Å². The summed E-state index contributed by atoms with van der Waals surface area (Å²) in [7, 11) is 1.78. The van der Waals surface area contributed by atoms with Gasteiger partial charge in [0.15, 0.2) is 5.82 Å². The fourth-order valence-corrected chi connectivity index (χ4v) is 3.28. The SMILES string of the molecule is CCCNc1nc(C(OC)C2CCCCC2)ncc1I. The van der Waals surface area contributed by atoms with Crippen molar-refractivity contribution in [1.82, 2.24) is 9.97 Å². The Kier molecular flexibility index (Phi) is 6.48. The third-order valence-corrected chi connectivity index (χ3v) is 4.68. The van der Waals surface area contributed by atoms with E-state index in [1.807, 2.05) is 6.20 Å². The molecule has 1 atom stereocenters. The standard InChI is InChI=1S/C15H24IN3O/c1-3-9-17-14-12(16)10-18-15(19-14)13(20-2)11-7-5-4-6-8-11/h10-11,13H,3-9H2,1-2H3,(H,17,18,19). The Bertz CT molecular complexity index is 422. The fourth-order valence-electron chi connectivity index (χ4n) is 2.83. The van der Waals surface area contributed by atoms with E-state index < -0.39 is 0 Å². The summed E-state index contributed by atoms with van der Waals surface area (Å²) in [5, 5.41) is 3.37. The summed E-state index contributed by atoms with van der Waals surface area (Å²) in [6.45, 7) is 3.09. The highest BCUT2D eigenvalue weighted by Gasteiger charge is 2.27. The van der Waals surface area contributed by atoms with Crippen LogP contribution in [0.3, 0.4) is 0 Å². The van der Waals surface area contributed by atoms with Crippen LogP contribution in [0, 0.1) is 9.49 Å². The molecule has 0 amide bonds. The predicted octanol–water partition coefficient (Wildman–Crippen LogP) is 4.17. The Labute approximate surface area is 135 Å². The van der Waals surface area contributed by atoms with E-state index in [1.165, 1.54) is 32.1 Å². The summed E-state index contributed by atoms with van der Waals surface area (Å²) in [6.07, 6.45) is 9.43. The molecular formula is C15H24IN3O. The zero-order valence-electron chi connectivity index (χ0n) is 12.4. The molecule has 1 fully saturated rings. The highest BCUT2D eigenvalue weighted by Crippen LogP contribution is 2.35. The van der Waals surface area contributed by atoms with E-state index in [2.05, 4.69) is 39.8 Å². The van der Waals surface area contributed by atoms with Crippen molar-refractivity contribution in [2.45, 2.75) is 51.6 Å². The van der Waals surface area contributed by atoms with E-state index >= 15 is 0 Å². The van der Waals surface area contributed by atoms with Gasteiger partial charge in [-0.1, -0.05) is 26.2 Å². The summed E-state index contributed by atoms with van der Waals surface area (Å²) >= 11 is 2.28. The smallest absolute Gasteiger partial charge is 0.159 e. The second-order valence-corrected chi connectivity index (χ2v) is 6.57. The Balaban J connectivity index is 2.16. The molecule has 1 heterocycles. The van der Waals surface area contributed by atoms with E-state index in [9.17, 15) is 0 Å². The Morgan fingerprint density at radius 3 is 2.80 bits per heavy atom. The van der Waals surface area contributed by atoms with Crippen LogP contribution in [0.25, 0.3) is 0 Å². The first-order valence-electron chi connectivity index (χ1n) is 7.55. The second-order valence-electron chi connectivity index (χ2n) is 5.41. The molecule has 2 rings (SSSR count). The minimum atomic E-state index is 0.0366. The van der Waals surface area contributed by atoms with Crippen molar-refractivity contribution in [3.8, 4) is 0 Å². The van der Waals surface area contributed by atoms with Gasteiger partial charge in [-0.2, -0.15) is 0 Å². The summed E-state index contributed by atoms with van der Waals surface area (Å²) in [4.78, 5) is 9.21. The zero-order chi connectivity index (χ0) is 14.4. The summed E-state index contributed by atoms with van der Waals surface area (Å²) in [5.41, 5.74) is 0. The number of halogens is 1. The Morgan fingerprint density at radius 2 is 2.15 bits per heavy atom. The molecule has 1 aliphatic rings. The molecule has 0 spiro atoms. The molecule has 1 unspecified atom stereocenters. The number of hydrogen-bond donors (Lipinski definition) is 1. The largest absolute Gasteiger partial charge is 0.373 e. The van der Waals surface area contributed by atoms with E-state index in [0.717, 1.165) is 28.2 Å². The van der Waals surface area contributed by atoms with Crippen molar-refractivity contribution in [3.05, 3.63) is 15.6 Å². The molecule has 20 heavy (non-hydrogen) atoms. The van der Waals surface area contributed by atoms with Gasteiger partial charge in [0.2, 0.25) is 0 Å². The number of anilines is 1. The van der Waals surface area contributed by atoms with Crippen molar-refractivity contribution in [2.24, 2.45) is 5.92 Å². The highest BCUT2D eigenvalue weighted by atomic mass is 127. The first kappa shape index (κ1) is 15.9. The maximum Gasteiger partial charge on any atom is 0.159 e. The van der Waals surface area contributed by atoms with Crippen LogP contribution in [0.4, 0.5) is 5.82 Å². The average molecular weight is 389 g/mol. The van der Waals surface area contributed by atoms with Crippen LogP contribution in [0.1, 0.15) is 57.4 Å². The van der Waals surface area contributed by atoms with Crippen LogP contribution in [0.2, 0.25) is 0 Å². The van der Waals surface area contributed by atoms with Crippen molar-refractivity contribution < 1.29 is 4.74 Å². The zero-order valence-corrected chi connectivity index (χ0v) is 14.5. The third-order valence-electron chi connectivity index (χ3n) is 3.89. The number of methoxy groups -OCH3 is 1. The lowest BCUT2D eigenvalue weighted by atomic mass is 9.85. The third kappa shape index (κ3) is 4.04. The number of rotatable bonds is 6. The van der Waals surface area contributed by atoms with Gasteiger partial charge in [0, 0.05) is 19.9 Å². The minimum absolute atomic E-state index is 0.0366. The molecule has 5 heteroatoms. The van der Waals surface area contributed by atoms with Gasteiger partial charge in [-0.15, -0.1) is 0 Å². The number of nitrogens with zero attached hydrogens (tertiary/aromatic N) is 2. The molecule has 1 N–H and O–H groups in total. The lowest BCUT2D eigenvalue weighted by Gasteiger charge is -2.28. The Hall–Kier alpha value is -0.430. The van der Waals surface area contributed by atoms with Crippen LogP contribution in [0.15, 0.2) is 6.20 Å². The van der Waals surface area contributed by atoms with Gasteiger partial charge in [-0.3, -0.25) is 0 Å². The van der Waals surface area contributed by atoms with Crippen molar-refractivity contribution in [3.63, 3.8) is 0 Å². The van der Waals surface area contributed by atoms with Crippen LogP contribution in [-0.4, -0.2) is 23.6 Å². The highest BCUT2D eigenvalue weighted by molar-refractivity contribution is 14.1. The molecule has 1 aliphatic carbocycles. The predicted molar refractivity (Wildman–Crippen MR) is 89.9 cm³/mol. The molecule has 112 valence electrons. The first-order chi connectivity index (χ1) is 9.76. The molecule has 0 radical (unpaired) electrons. The van der Waals surface area contributed by atoms with Gasteiger partial charge in [-0.05, 0) is 47.8 Å². The molecule has 1 aromatic heterocycles. The summed E-state index contributed by atoms with van der Waals surface area (Å²) < 4.78 is 6.79. The molecular weight excluding hydrogens is 365 g/mol. The second kappa shape index (κ2) is 8.12. The van der Waals surface area contributed by atoms with E-state index in [4.69, 9.17) is 9.72 Å². The van der Waals surface area contributed by atoms with Gasteiger partial charge in [-0.25, -0.2) is 9.97 Å². The first-order valence-corrected chi connectivity index (χ1v) is 8.63. The molecule has 4 nitrogen and oxygen atoms in total. The van der Waals surface area contributed by atoms with Gasteiger partial charge < -0.3 is 10.1 Å². The van der Waals surface area contributed by atoms with Crippen LogP contribution in [-0.2, 0) is 4.74 Å². The van der Waals surface area contributed by atoms with Crippen LogP contribution in [0.5, 0.6) is 0 Å². The molecule has 0 aliphatic heterocycles. The van der Waals surface area contributed by atoms with Crippen LogP contribution < -0.4 is 5.32 Å². The monoisotopic (exact) mass is 389 g/mol. The number of ether oxygens (including phenoxy) is 1. The minimum Gasteiger partial charge on any atom is -0.373 e. The lowest BCUT2D eigenvalue weighted by molar-refractivity contribution is 0.0290. The van der Waals surface area contributed by atoms with Gasteiger partial charge >= 0.3 is 0 Å². The molecule has 1 saturated carbocycles. The van der Waals surface area contributed by atoms with Gasteiger partial charge in [0.05, 0.1) is 3.57 Å². The quantitative estimate of drug-likeness (QED) is 0.742. The van der Waals surface area contributed by atoms with E-state index in [-0.39, 0.29) is 6.10 Å². The Morgan fingerprint density at radius 1 is 1.40 bits per heavy atom. The normalized spacial score (nSPS) is 17.9. The fraction of sp³-hybridized carbons (Fsp3) is 0.733. The number of hydrogen-bond acceptors (Lipinski definition) is 4. The number of aromatic nitrogens is 2. The van der Waals surface area contributed by atoms with Crippen molar-refractivity contribution in [1.29, 1.82) is 0 Å².